The van der Waals surface area contributed by atoms with Gasteiger partial charge in [-0.1, -0.05) is 18.2 Å². The predicted molar refractivity (Wildman–Crippen MR) is 120 cm³/mol. The average molecular weight is 522 g/mol. The number of hydrogen-bond acceptors (Lipinski definition) is 4. The third-order valence-electron chi connectivity index (χ3n) is 5.96. The van der Waals surface area contributed by atoms with Gasteiger partial charge in [0, 0.05) is 41.8 Å². The molecule has 4 rings (SSSR count). The minimum atomic E-state index is -5.79. The first-order valence-electron chi connectivity index (χ1n) is 11.2. The second kappa shape index (κ2) is 10.3. The van der Waals surface area contributed by atoms with Gasteiger partial charge in [0.25, 0.3) is 0 Å². The summed E-state index contributed by atoms with van der Waals surface area (Å²) in [5, 5.41) is 16.2. The first kappa shape index (κ1) is 26.2. The van der Waals surface area contributed by atoms with E-state index in [1.807, 2.05) is 6.07 Å². The van der Waals surface area contributed by atoms with Crippen molar-refractivity contribution in [3.8, 4) is 17.2 Å². The van der Waals surface area contributed by atoms with Crippen LogP contribution in [-0.2, 0) is 21.9 Å². The highest BCUT2D eigenvalue weighted by Crippen LogP contribution is 2.44. The standard InChI is InChI=1S/C25H20F6N4O2/c26-21-11-19(34-22(36)9-15-2-1-3-18(8-15)24(27,28)25(29,30)31)10-16(12-32)23(21)17-13-33-35(14-17)20-4-6-37-7-5-20/h1-3,8,10-11,13-14,20H,4-7,9H2,(H,34,36). The Morgan fingerprint density at radius 1 is 1.16 bits per heavy atom. The molecule has 0 spiro atoms. The lowest BCUT2D eigenvalue weighted by molar-refractivity contribution is -0.289. The van der Waals surface area contributed by atoms with Gasteiger partial charge in [0.1, 0.15) is 5.82 Å². The van der Waals surface area contributed by atoms with Crippen LogP contribution in [-0.4, -0.2) is 35.1 Å². The van der Waals surface area contributed by atoms with Gasteiger partial charge >= 0.3 is 12.1 Å². The van der Waals surface area contributed by atoms with Crippen LogP contribution in [0.2, 0.25) is 0 Å². The van der Waals surface area contributed by atoms with E-state index in [1.165, 1.54) is 18.3 Å². The molecule has 1 amide bonds. The zero-order valence-corrected chi connectivity index (χ0v) is 19.2. The van der Waals surface area contributed by atoms with E-state index in [2.05, 4.69) is 10.4 Å². The summed E-state index contributed by atoms with van der Waals surface area (Å²) in [5.74, 6) is -6.68. The number of aromatic nitrogens is 2. The largest absolute Gasteiger partial charge is 0.458 e. The molecule has 1 aliphatic rings. The Bertz CT molecular complexity index is 1340. The molecule has 0 saturated carbocycles. The fraction of sp³-hybridized carbons (Fsp3) is 0.320. The molecular formula is C25H20F6N4O2. The van der Waals surface area contributed by atoms with Gasteiger partial charge in [-0.2, -0.15) is 32.3 Å². The van der Waals surface area contributed by atoms with Crippen LogP contribution in [0.4, 0.5) is 32.0 Å². The van der Waals surface area contributed by atoms with Crippen molar-refractivity contribution >= 4 is 11.6 Å². The highest BCUT2D eigenvalue weighted by Gasteiger charge is 2.58. The maximum absolute atomic E-state index is 15.1. The fourth-order valence-electron chi connectivity index (χ4n) is 4.11. The summed E-state index contributed by atoms with van der Waals surface area (Å²) in [6, 6.07) is 7.63. The number of carbonyl (C=O) groups excluding carboxylic acids is 1. The van der Waals surface area contributed by atoms with Crippen LogP contribution < -0.4 is 5.32 Å². The number of rotatable bonds is 6. The molecule has 1 aromatic heterocycles. The van der Waals surface area contributed by atoms with Crippen molar-refractivity contribution in [1.29, 1.82) is 5.26 Å². The van der Waals surface area contributed by atoms with Gasteiger partial charge in [-0.05, 0) is 36.6 Å². The van der Waals surface area contributed by atoms with E-state index in [0.717, 1.165) is 25.0 Å². The monoisotopic (exact) mass is 522 g/mol. The van der Waals surface area contributed by atoms with E-state index < -0.39 is 35.8 Å². The number of carbonyl (C=O) groups is 1. The van der Waals surface area contributed by atoms with E-state index in [0.29, 0.717) is 30.9 Å². The number of nitriles is 1. The third-order valence-corrected chi connectivity index (χ3v) is 5.96. The first-order valence-corrected chi connectivity index (χ1v) is 11.2. The Morgan fingerprint density at radius 2 is 1.89 bits per heavy atom. The number of amides is 1. The lowest BCUT2D eigenvalue weighted by atomic mass is 10.0. The number of nitrogens with one attached hydrogen (secondary N) is 1. The molecule has 0 atom stereocenters. The topological polar surface area (TPSA) is 79.9 Å². The Hall–Kier alpha value is -3.85. The molecule has 1 fully saturated rings. The lowest BCUT2D eigenvalue weighted by Crippen LogP contribution is -2.33. The number of anilines is 1. The maximum atomic E-state index is 15.1. The molecule has 194 valence electrons. The zero-order valence-electron chi connectivity index (χ0n) is 19.2. The van der Waals surface area contributed by atoms with Crippen LogP contribution in [0.25, 0.3) is 11.1 Å². The van der Waals surface area contributed by atoms with Crippen molar-refractivity contribution in [2.24, 2.45) is 0 Å². The van der Waals surface area contributed by atoms with Gasteiger partial charge in [-0.25, -0.2) is 4.39 Å². The third kappa shape index (κ3) is 5.61. The van der Waals surface area contributed by atoms with Gasteiger partial charge in [0.05, 0.1) is 30.3 Å². The summed E-state index contributed by atoms with van der Waals surface area (Å²) in [5.41, 5.74) is -1.17. The van der Waals surface area contributed by atoms with Gasteiger partial charge < -0.3 is 10.1 Å². The molecular weight excluding hydrogens is 502 g/mol. The minimum absolute atomic E-state index is 0.000826. The summed E-state index contributed by atoms with van der Waals surface area (Å²) in [7, 11) is 0. The second-order valence-corrected chi connectivity index (χ2v) is 8.54. The van der Waals surface area contributed by atoms with Crippen LogP contribution in [0, 0.1) is 17.1 Å². The van der Waals surface area contributed by atoms with Crippen LogP contribution in [0.1, 0.15) is 35.6 Å². The summed E-state index contributed by atoms with van der Waals surface area (Å²) in [6.45, 7) is 1.17. The van der Waals surface area contributed by atoms with Crippen molar-refractivity contribution in [1.82, 2.24) is 9.78 Å². The highest BCUT2D eigenvalue weighted by atomic mass is 19.4. The number of nitrogens with zero attached hydrogens (tertiary/aromatic N) is 3. The molecule has 2 aromatic carbocycles. The van der Waals surface area contributed by atoms with Crippen LogP contribution in [0.15, 0.2) is 48.8 Å². The Morgan fingerprint density at radius 3 is 2.57 bits per heavy atom. The van der Waals surface area contributed by atoms with Gasteiger partial charge in [0.2, 0.25) is 5.91 Å². The van der Waals surface area contributed by atoms with E-state index in [4.69, 9.17) is 4.74 Å². The molecule has 0 bridgehead atoms. The summed E-state index contributed by atoms with van der Waals surface area (Å²) < 4.78 is 87.3. The lowest BCUT2D eigenvalue weighted by Gasteiger charge is -2.22. The molecule has 0 aliphatic carbocycles. The van der Waals surface area contributed by atoms with E-state index in [9.17, 15) is 32.0 Å². The molecule has 0 unspecified atom stereocenters. The maximum Gasteiger partial charge on any atom is 0.458 e. The Balaban J connectivity index is 1.51. The molecule has 37 heavy (non-hydrogen) atoms. The Kier molecular flexibility index (Phi) is 7.27. The second-order valence-electron chi connectivity index (χ2n) is 8.54. The normalized spacial score (nSPS) is 14.8. The SMILES string of the molecule is N#Cc1cc(NC(=O)Cc2cccc(C(F)(F)C(F)(F)F)c2)cc(F)c1-c1cnn(C2CCOCC2)c1. The smallest absolute Gasteiger partial charge is 0.381 e. The molecule has 3 aromatic rings. The Labute approximate surface area is 207 Å². The van der Waals surface area contributed by atoms with Crippen molar-refractivity contribution in [3.05, 3.63) is 71.3 Å². The van der Waals surface area contributed by atoms with Crippen molar-refractivity contribution in [2.45, 2.75) is 37.4 Å². The molecule has 1 N–H and O–H groups in total. The molecule has 0 radical (unpaired) electrons. The van der Waals surface area contributed by atoms with E-state index in [-0.39, 0.29) is 28.4 Å². The van der Waals surface area contributed by atoms with Crippen molar-refractivity contribution < 1.29 is 35.9 Å². The minimum Gasteiger partial charge on any atom is -0.381 e. The summed E-state index contributed by atoms with van der Waals surface area (Å²) in [4.78, 5) is 12.4. The highest BCUT2D eigenvalue weighted by molar-refractivity contribution is 5.93. The molecule has 2 heterocycles. The van der Waals surface area contributed by atoms with Crippen LogP contribution >= 0.6 is 0 Å². The van der Waals surface area contributed by atoms with Gasteiger partial charge in [0.15, 0.2) is 0 Å². The van der Waals surface area contributed by atoms with E-state index in [1.54, 1.807) is 10.9 Å². The van der Waals surface area contributed by atoms with Crippen LogP contribution in [0.5, 0.6) is 0 Å². The first-order chi connectivity index (χ1) is 17.5. The quantitative estimate of drug-likeness (QED) is 0.419. The number of benzene rings is 2. The van der Waals surface area contributed by atoms with Crippen molar-refractivity contribution in [3.63, 3.8) is 0 Å². The number of halogens is 6. The predicted octanol–water partition coefficient (Wildman–Crippen LogP) is 5.75. The zero-order chi connectivity index (χ0) is 26.8. The fourth-order valence-corrected chi connectivity index (χ4v) is 4.11. The van der Waals surface area contributed by atoms with E-state index >= 15 is 4.39 Å². The molecule has 6 nitrogen and oxygen atoms in total. The number of hydrogen-bond donors (Lipinski definition) is 1. The molecule has 12 heteroatoms. The average Bonchev–Trinajstić information content (AvgIpc) is 3.33. The molecule has 1 saturated heterocycles. The summed E-state index contributed by atoms with van der Waals surface area (Å²) in [6.07, 6.45) is -1.77. The summed E-state index contributed by atoms with van der Waals surface area (Å²) >= 11 is 0. The van der Waals surface area contributed by atoms with Crippen LogP contribution in [0.3, 0.4) is 0 Å². The van der Waals surface area contributed by atoms with Gasteiger partial charge in [-0.15, -0.1) is 0 Å². The number of alkyl halides is 5. The van der Waals surface area contributed by atoms with Crippen molar-refractivity contribution in [2.75, 3.05) is 18.5 Å². The number of ether oxygens (including phenoxy) is 1. The molecule has 1 aliphatic heterocycles. The van der Waals surface area contributed by atoms with Gasteiger partial charge in [-0.3, -0.25) is 9.48 Å².